The maximum absolute atomic E-state index is 12.7. The van der Waals surface area contributed by atoms with Gasteiger partial charge in [-0.15, -0.1) is 0 Å². The van der Waals surface area contributed by atoms with Gasteiger partial charge in [0.1, 0.15) is 12.4 Å². The molecule has 1 unspecified atom stereocenters. The van der Waals surface area contributed by atoms with Gasteiger partial charge in [-0.2, -0.15) is 29.9 Å². The van der Waals surface area contributed by atoms with Crippen LogP contribution in [0.1, 0.15) is 17.0 Å². The van der Waals surface area contributed by atoms with Gasteiger partial charge < -0.3 is 14.6 Å². The van der Waals surface area contributed by atoms with Crippen molar-refractivity contribution in [2.24, 2.45) is 0 Å². The average Bonchev–Trinajstić information content (AvgIpc) is 3.43. The lowest BCUT2D eigenvalue weighted by atomic mass is 10.2. The van der Waals surface area contributed by atoms with Crippen LogP contribution in [0.25, 0.3) is 17.5 Å². The highest BCUT2D eigenvalue weighted by Gasteiger charge is 2.38. The second kappa shape index (κ2) is 13.0. The van der Waals surface area contributed by atoms with E-state index in [1.54, 1.807) is 42.1 Å². The molecule has 1 N–H and O–H groups in total. The maximum Gasteiger partial charge on any atom is 0.471 e. The first-order valence-electron chi connectivity index (χ1n) is 11.7. The standard InChI is InChI=1S/C28H24F3N3O3S/c29-28(30,31)27-33-26(34-37-27)22-12-14-24(15-13-22)36-17-23(19-38-18-21-9-5-2-6-10-21)32-25(35)16-11-20-7-3-1-4-8-20/h1-16,23H,17-19H2,(H,32,35)/b16-11+. The van der Waals surface area contributed by atoms with Crippen LogP contribution in [-0.4, -0.2) is 34.4 Å². The lowest BCUT2D eigenvalue weighted by Gasteiger charge is -2.18. The number of halogens is 3. The van der Waals surface area contributed by atoms with Gasteiger partial charge >= 0.3 is 12.1 Å². The van der Waals surface area contributed by atoms with Crippen molar-refractivity contribution in [2.45, 2.75) is 18.0 Å². The first-order valence-corrected chi connectivity index (χ1v) is 12.8. The predicted molar refractivity (Wildman–Crippen MR) is 140 cm³/mol. The molecule has 10 heteroatoms. The molecule has 6 nitrogen and oxygen atoms in total. The molecule has 0 aliphatic rings. The third-order valence-corrected chi connectivity index (χ3v) is 6.41. The molecule has 0 aliphatic carbocycles. The molecule has 4 rings (SSSR count). The number of ether oxygens (including phenoxy) is 1. The van der Waals surface area contributed by atoms with Gasteiger partial charge in [0.25, 0.3) is 0 Å². The van der Waals surface area contributed by atoms with Gasteiger partial charge in [-0.3, -0.25) is 4.79 Å². The van der Waals surface area contributed by atoms with E-state index in [-0.39, 0.29) is 24.4 Å². The number of hydrogen-bond donors (Lipinski definition) is 1. The monoisotopic (exact) mass is 539 g/mol. The molecule has 1 amide bonds. The number of benzene rings is 3. The molecule has 0 radical (unpaired) electrons. The maximum atomic E-state index is 12.7. The highest BCUT2D eigenvalue weighted by molar-refractivity contribution is 7.98. The number of alkyl halides is 3. The van der Waals surface area contributed by atoms with E-state index in [9.17, 15) is 18.0 Å². The second-order valence-corrected chi connectivity index (χ2v) is 9.24. The molecule has 0 saturated carbocycles. The highest BCUT2D eigenvalue weighted by Crippen LogP contribution is 2.29. The number of nitrogens with zero attached hydrogens (tertiary/aromatic N) is 2. The Labute approximate surface area is 221 Å². The van der Waals surface area contributed by atoms with E-state index in [1.165, 1.54) is 11.6 Å². The van der Waals surface area contributed by atoms with E-state index in [1.807, 2.05) is 60.7 Å². The number of thioether (sulfide) groups is 1. The SMILES string of the molecule is O=C(/C=C/c1ccccc1)NC(COc1ccc(-c2noc(C(F)(F)F)n2)cc1)CSCc1ccccc1. The van der Waals surface area contributed by atoms with Gasteiger partial charge in [0.15, 0.2) is 0 Å². The smallest absolute Gasteiger partial charge is 0.471 e. The Hall–Kier alpha value is -4.05. The molecule has 0 spiro atoms. The van der Waals surface area contributed by atoms with Gasteiger partial charge in [-0.1, -0.05) is 65.8 Å². The molecule has 1 heterocycles. The Morgan fingerprint density at radius 1 is 1.00 bits per heavy atom. The van der Waals surface area contributed by atoms with Crippen molar-refractivity contribution in [3.05, 3.63) is 108 Å². The van der Waals surface area contributed by atoms with Gasteiger partial charge in [0.2, 0.25) is 11.7 Å². The van der Waals surface area contributed by atoms with E-state index < -0.39 is 12.1 Å². The van der Waals surface area contributed by atoms with Gasteiger partial charge in [-0.25, -0.2) is 0 Å². The fraction of sp³-hybridized carbons (Fsp3) is 0.179. The fourth-order valence-electron chi connectivity index (χ4n) is 3.36. The van der Waals surface area contributed by atoms with E-state index in [2.05, 4.69) is 20.0 Å². The molecule has 0 fully saturated rings. The second-order valence-electron chi connectivity index (χ2n) is 8.21. The summed E-state index contributed by atoms with van der Waals surface area (Å²) in [5.74, 6) is 0.0706. The highest BCUT2D eigenvalue weighted by atomic mass is 32.2. The molecule has 0 saturated heterocycles. The minimum absolute atomic E-state index is 0.170. The first kappa shape index (κ1) is 27.0. The number of nitrogens with one attached hydrogen (secondary N) is 1. The molecule has 196 valence electrons. The van der Waals surface area contributed by atoms with Crippen molar-refractivity contribution < 1.29 is 27.2 Å². The predicted octanol–water partition coefficient (Wildman–Crippen LogP) is 6.27. The molecule has 0 aliphatic heterocycles. The summed E-state index contributed by atoms with van der Waals surface area (Å²) in [6.07, 6.45) is -1.48. The van der Waals surface area contributed by atoms with E-state index in [4.69, 9.17) is 4.74 Å². The van der Waals surface area contributed by atoms with Crippen LogP contribution in [0.2, 0.25) is 0 Å². The van der Waals surface area contributed by atoms with Crippen molar-refractivity contribution in [3.63, 3.8) is 0 Å². The topological polar surface area (TPSA) is 77.2 Å². The van der Waals surface area contributed by atoms with Crippen molar-refractivity contribution in [1.29, 1.82) is 0 Å². The Balaban J connectivity index is 1.36. The third kappa shape index (κ3) is 8.24. The molecule has 4 aromatic rings. The number of carbonyl (C=O) groups excluding carboxylic acids is 1. The Bertz CT molecular complexity index is 1330. The summed E-state index contributed by atoms with van der Waals surface area (Å²) >= 11 is 1.67. The van der Waals surface area contributed by atoms with Gasteiger partial charge in [-0.05, 0) is 41.5 Å². The van der Waals surface area contributed by atoms with E-state index >= 15 is 0 Å². The van der Waals surface area contributed by atoms with Crippen LogP contribution in [0.3, 0.4) is 0 Å². The van der Waals surface area contributed by atoms with Crippen LogP contribution in [-0.2, 0) is 16.7 Å². The summed E-state index contributed by atoms with van der Waals surface area (Å²) in [7, 11) is 0. The molecule has 1 atom stereocenters. The normalized spacial score (nSPS) is 12.4. The summed E-state index contributed by atoms with van der Waals surface area (Å²) in [4.78, 5) is 16.0. The van der Waals surface area contributed by atoms with Crippen LogP contribution in [0.15, 0.2) is 95.5 Å². The van der Waals surface area contributed by atoms with Crippen molar-refractivity contribution in [2.75, 3.05) is 12.4 Å². The average molecular weight is 540 g/mol. The summed E-state index contributed by atoms with van der Waals surface area (Å²) in [6, 6.07) is 25.5. The van der Waals surface area contributed by atoms with Crippen molar-refractivity contribution in [3.8, 4) is 17.1 Å². The molecule has 3 aromatic carbocycles. The minimum Gasteiger partial charge on any atom is -0.491 e. The zero-order chi connectivity index (χ0) is 26.8. The van der Waals surface area contributed by atoms with Crippen LogP contribution in [0.5, 0.6) is 5.75 Å². The molecule has 38 heavy (non-hydrogen) atoms. The van der Waals surface area contributed by atoms with Gasteiger partial charge in [0, 0.05) is 23.1 Å². The molecular formula is C28H24F3N3O3S. The van der Waals surface area contributed by atoms with Crippen LogP contribution in [0.4, 0.5) is 13.2 Å². The number of hydrogen-bond acceptors (Lipinski definition) is 6. The Morgan fingerprint density at radius 3 is 2.34 bits per heavy atom. The summed E-state index contributed by atoms with van der Waals surface area (Å²) in [5, 5.41) is 6.37. The quantitative estimate of drug-likeness (QED) is 0.227. The summed E-state index contributed by atoms with van der Waals surface area (Å²) < 4.78 is 48.3. The van der Waals surface area contributed by atoms with Crippen molar-refractivity contribution >= 4 is 23.7 Å². The number of aromatic nitrogens is 2. The number of amides is 1. The lowest BCUT2D eigenvalue weighted by Crippen LogP contribution is -2.40. The Morgan fingerprint density at radius 2 is 1.68 bits per heavy atom. The number of rotatable bonds is 11. The minimum atomic E-state index is -4.71. The van der Waals surface area contributed by atoms with Gasteiger partial charge in [0.05, 0.1) is 6.04 Å². The lowest BCUT2D eigenvalue weighted by molar-refractivity contribution is -0.159. The van der Waals surface area contributed by atoms with Crippen LogP contribution in [0, 0.1) is 0 Å². The Kier molecular flexibility index (Phi) is 9.21. The van der Waals surface area contributed by atoms with E-state index in [0.29, 0.717) is 17.1 Å². The molecule has 1 aromatic heterocycles. The summed E-state index contributed by atoms with van der Waals surface area (Å²) in [6.45, 7) is 0.201. The van der Waals surface area contributed by atoms with Crippen molar-refractivity contribution in [1.82, 2.24) is 15.5 Å². The number of carbonyl (C=O) groups is 1. The molecular weight excluding hydrogens is 515 g/mol. The summed E-state index contributed by atoms with van der Waals surface area (Å²) in [5.41, 5.74) is 2.45. The van der Waals surface area contributed by atoms with E-state index in [0.717, 1.165) is 11.3 Å². The zero-order valence-electron chi connectivity index (χ0n) is 20.1. The molecule has 0 bridgehead atoms. The largest absolute Gasteiger partial charge is 0.491 e. The third-order valence-electron chi connectivity index (χ3n) is 5.24. The fourth-order valence-corrected chi connectivity index (χ4v) is 4.37. The zero-order valence-corrected chi connectivity index (χ0v) is 20.9. The van der Waals surface area contributed by atoms with Crippen LogP contribution < -0.4 is 10.1 Å². The van der Waals surface area contributed by atoms with Crippen LogP contribution >= 0.6 is 11.8 Å². The first-order chi connectivity index (χ1) is 18.4.